The molecule has 0 aliphatic rings. The lowest BCUT2D eigenvalue weighted by molar-refractivity contribution is -0.166. The van der Waals surface area contributed by atoms with E-state index >= 15 is 0 Å². The van der Waals surface area contributed by atoms with Crippen LogP contribution in [0.2, 0.25) is 0 Å². The van der Waals surface area contributed by atoms with Gasteiger partial charge in [0.25, 0.3) is 0 Å². The van der Waals surface area contributed by atoms with Gasteiger partial charge in [-0.1, -0.05) is 167 Å². The summed E-state index contributed by atoms with van der Waals surface area (Å²) in [5.41, 5.74) is 0. The molecule has 0 heterocycles. The summed E-state index contributed by atoms with van der Waals surface area (Å²) in [4.78, 5) is 37.6. The molecule has 1 unspecified atom stereocenters. The number of ether oxygens (including phenoxy) is 3. The summed E-state index contributed by atoms with van der Waals surface area (Å²) in [6.07, 6.45) is 65.8. The highest BCUT2D eigenvalue weighted by molar-refractivity contribution is 5.71. The van der Waals surface area contributed by atoms with Crippen LogP contribution in [0.4, 0.5) is 0 Å². The van der Waals surface area contributed by atoms with Gasteiger partial charge in [0, 0.05) is 19.3 Å². The molecule has 0 spiro atoms. The van der Waals surface area contributed by atoms with E-state index in [0.29, 0.717) is 19.3 Å². The molecule has 6 nitrogen and oxygen atoms in total. The Kier molecular flexibility index (Phi) is 42.3. The van der Waals surface area contributed by atoms with Crippen LogP contribution in [0.15, 0.2) is 146 Å². The van der Waals surface area contributed by atoms with Crippen LogP contribution < -0.4 is 0 Å². The number of hydrogen-bond acceptors (Lipinski definition) is 6. The molecule has 0 saturated heterocycles. The van der Waals surface area contributed by atoms with Gasteiger partial charge in [-0.3, -0.25) is 14.4 Å². The van der Waals surface area contributed by atoms with E-state index in [1.54, 1.807) is 0 Å². The zero-order chi connectivity index (χ0) is 43.0. The van der Waals surface area contributed by atoms with E-state index in [0.717, 1.165) is 89.9 Å². The van der Waals surface area contributed by atoms with Gasteiger partial charge in [0.2, 0.25) is 0 Å². The van der Waals surface area contributed by atoms with Crippen molar-refractivity contribution in [3.63, 3.8) is 0 Å². The molecular weight excluding hydrogens is 733 g/mol. The van der Waals surface area contributed by atoms with E-state index in [1.807, 2.05) is 24.3 Å². The smallest absolute Gasteiger partial charge is 0.306 e. The number of allylic oxidation sites excluding steroid dienone is 24. The Labute approximate surface area is 359 Å². The van der Waals surface area contributed by atoms with Crippen molar-refractivity contribution < 1.29 is 28.6 Å². The normalized spacial score (nSPS) is 13.5. The molecule has 0 aromatic rings. The van der Waals surface area contributed by atoms with Crippen molar-refractivity contribution in [2.24, 2.45) is 0 Å². The summed E-state index contributed by atoms with van der Waals surface area (Å²) in [7, 11) is 0. The molecule has 0 aliphatic heterocycles. The maximum Gasteiger partial charge on any atom is 0.306 e. The first-order valence-electron chi connectivity index (χ1n) is 22.3. The average molecular weight is 811 g/mol. The molecule has 0 amide bonds. The van der Waals surface area contributed by atoms with Gasteiger partial charge in [0.1, 0.15) is 13.2 Å². The summed E-state index contributed by atoms with van der Waals surface area (Å²) < 4.78 is 16.5. The zero-order valence-corrected chi connectivity index (χ0v) is 36.9. The van der Waals surface area contributed by atoms with Crippen LogP contribution >= 0.6 is 0 Å². The lowest BCUT2D eigenvalue weighted by Crippen LogP contribution is -2.30. The average Bonchev–Trinajstić information content (AvgIpc) is 3.23. The molecular formula is C53H78O6. The predicted octanol–water partition coefficient (Wildman–Crippen LogP) is 14.5. The monoisotopic (exact) mass is 811 g/mol. The quantitative estimate of drug-likeness (QED) is 0.0269. The Bertz CT molecular complexity index is 1390. The van der Waals surface area contributed by atoms with Gasteiger partial charge in [0.05, 0.1) is 0 Å². The van der Waals surface area contributed by atoms with Crippen molar-refractivity contribution in [2.45, 2.75) is 155 Å². The van der Waals surface area contributed by atoms with E-state index in [2.05, 4.69) is 142 Å². The fraction of sp³-hybridized carbons (Fsp3) is 0.491. The molecule has 1 atom stereocenters. The number of carbonyl (C=O) groups is 3. The maximum absolute atomic E-state index is 12.7. The lowest BCUT2D eigenvalue weighted by Gasteiger charge is -2.18. The minimum absolute atomic E-state index is 0.155. The van der Waals surface area contributed by atoms with Crippen molar-refractivity contribution in [1.82, 2.24) is 0 Å². The van der Waals surface area contributed by atoms with Crippen LogP contribution in [-0.2, 0) is 28.6 Å². The third-order valence-corrected chi connectivity index (χ3v) is 8.35. The van der Waals surface area contributed by atoms with Gasteiger partial charge in [-0.25, -0.2) is 0 Å². The van der Waals surface area contributed by atoms with Crippen LogP contribution in [0.5, 0.6) is 0 Å². The molecule has 326 valence electrons. The molecule has 0 bridgehead atoms. The standard InChI is InChI=1S/C53H78O6/c1-4-7-10-13-16-19-21-23-25-27-29-31-34-37-40-43-46-52(55)58-49-50(48-57-51(54)45-42-39-36-33-18-15-12-9-6-3)59-53(56)47-44-41-38-35-32-30-28-26-24-22-20-17-14-11-8-5-2/h7-12,16-20,23-26,29-33,37-38,40-41,50H,4-6,13-15,21-22,27-28,34-36,39,42-49H2,1-3H3/b10-7-,11-8-,12-9-,19-16-,20-17-,25-23-,26-24-,31-29-,32-30-,33-18-,40-37-,41-38-. The SMILES string of the molecule is CC/C=C\C/C=C\C/C=C\C/C=C\C/C=C\CCC(=O)OCC(COC(=O)CCCC/C=C\C/C=C\CC)OC(=O)CC/C=C\C/C=C\C/C=C\C/C=C\C/C=C\CC. The van der Waals surface area contributed by atoms with Crippen LogP contribution in [0, 0.1) is 0 Å². The van der Waals surface area contributed by atoms with Crippen molar-refractivity contribution >= 4 is 17.9 Å². The largest absolute Gasteiger partial charge is 0.462 e. The molecule has 0 aromatic carbocycles. The Hall–Kier alpha value is -4.71. The second kappa shape index (κ2) is 46.0. The highest BCUT2D eigenvalue weighted by atomic mass is 16.6. The van der Waals surface area contributed by atoms with E-state index in [4.69, 9.17) is 14.2 Å². The fourth-order valence-corrected chi connectivity index (χ4v) is 5.10. The minimum Gasteiger partial charge on any atom is -0.462 e. The van der Waals surface area contributed by atoms with Crippen molar-refractivity contribution in [3.8, 4) is 0 Å². The Balaban J connectivity index is 4.66. The van der Waals surface area contributed by atoms with Crippen LogP contribution in [0.1, 0.15) is 149 Å². The number of rotatable bonds is 37. The molecule has 0 N–H and O–H groups in total. The minimum atomic E-state index is -0.864. The predicted molar refractivity (Wildman–Crippen MR) is 251 cm³/mol. The van der Waals surface area contributed by atoms with E-state index in [1.165, 1.54) is 0 Å². The molecule has 0 aliphatic carbocycles. The van der Waals surface area contributed by atoms with Crippen LogP contribution in [0.25, 0.3) is 0 Å². The summed E-state index contributed by atoms with van der Waals surface area (Å²) in [5, 5.41) is 0. The lowest BCUT2D eigenvalue weighted by atomic mass is 10.2. The number of hydrogen-bond donors (Lipinski definition) is 0. The van der Waals surface area contributed by atoms with E-state index in [9.17, 15) is 14.4 Å². The summed E-state index contributed by atoms with van der Waals surface area (Å²) in [5.74, 6) is -1.18. The van der Waals surface area contributed by atoms with Crippen molar-refractivity contribution in [2.75, 3.05) is 13.2 Å². The number of carbonyl (C=O) groups excluding carboxylic acids is 3. The first kappa shape index (κ1) is 54.3. The van der Waals surface area contributed by atoms with Gasteiger partial charge < -0.3 is 14.2 Å². The molecule has 6 heteroatoms. The maximum atomic E-state index is 12.7. The van der Waals surface area contributed by atoms with Gasteiger partial charge in [0.15, 0.2) is 6.10 Å². The van der Waals surface area contributed by atoms with Gasteiger partial charge in [-0.2, -0.15) is 0 Å². The molecule has 0 rings (SSSR count). The van der Waals surface area contributed by atoms with Crippen molar-refractivity contribution in [3.05, 3.63) is 146 Å². The third kappa shape index (κ3) is 44.2. The second-order valence-corrected chi connectivity index (χ2v) is 13.8. The Morgan fingerprint density at radius 1 is 0.339 bits per heavy atom. The summed E-state index contributed by atoms with van der Waals surface area (Å²) >= 11 is 0. The van der Waals surface area contributed by atoms with Gasteiger partial charge in [-0.15, -0.1) is 0 Å². The first-order chi connectivity index (χ1) is 29.0. The van der Waals surface area contributed by atoms with Gasteiger partial charge >= 0.3 is 17.9 Å². The highest BCUT2D eigenvalue weighted by Crippen LogP contribution is 2.08. The molecule has 0 aromatic heterocycles. The summed E-state index contributed by atoms with van der Waals surface area (Å²) in [6, 6.07) is 0. The first-order valence-corrected chi connectivity index (χ1v) is 22.3. The molecule has 0 fully saturated rings. The summed E-state index contributed by atoms with van der Waals surface area (Å²) in [6.45, 7) is 6.07. The van der Waals surface area contributed by atoms with E-state index in [-0.39, 0.29) is 38.4 Å². The highest BCUT2D eigenvalue weighted by Gasteiger charge is 2.19. The molecule has 59 heavy (non-hydrogen) atoms. The van der Waals surface area contributed by atoms with Crippen molar-refractivity contribution in [1.29, 1.82) is 0 Å². The Morgan fingerprint density at radius 2 is 0.627 bits per heavy atom. The van der Waals surface area contributed by atoms with Crippen LogP contribution in [-0.4, -0.2) is 37.2 Å². The third-order valence-electron chi connectivity index (χ3n) is 8.35. The Morgan fingerprint density at radius 3 is 0.983 bits per heavy atom. The molecule has 0 radical (unpaired) electrons. The second-order valence-electron chi connectivity index (χ2n) is 13.8. The topological polar surface area (TPSA) is 78.9 Å². The fourth-order valence-electron chi connectivity index (χ4n) is 5.10. The molecule has 0 saturated carbocycles. The zero-order valence-electron chi connectivity index (χ0n) is 36.9. The van der Waals surface area contributed by atoms with Crippen LogP contribution in [0.3, 0.4) is 0 Å². The number of unbranched alkanes of at least 4 members (excludes halogenated alkanes) is 2. The van der Waals surface area contributed by atoms with E-state index < -0.39 is 18.0 Å². The number of esters is 3. The van der Waals surface area contributed by atoms with Gasteiger partial charge in [-0.05, 0) is 109 Å².